The van der Waals surface area contributed by atoms with Crippen molar-refractivity contribution in [2.75, 3.05) is 13.1 Å². The zero-order valence-corrected chi connectivity index (χ0v) is 16.5. The number of carbonyl (C=O) groups excluding carboxylic acids is 2. The highest BCUT2D eigenvalue weighted by atomic mass is 79.9. The smallest absolute Gasteiger partial charge is 0.263 e. The SMILES string of the molecule is C[C@@H](NC(=O)[C@@H]1CCCN(C(=O)c2cccs2)C1)c1ccccc1Br. The molecule has 4 nitrogen and oxygen atoms in total. The van der Waals surface area contributed by atoms with Crippen molar-refractivity contribution < 1.29 is 9.59 Å². The van der Waals surface area contributed by atoms with E-state index in [2.05, 4.69) is 21.2 Å². The van der Waals surface area contributed by atoms with Gasteiger partial charge in [-0.1, -0.05) is 40.2 Å². The maximum atomic E-state index is 12.7. The zero-order chi connectivity index (χ0) is 17.8. The van der Waals surface area contributed by atoms with Gasteiger partial charge in [0, 0.05) is 17.6 Å². The number of thiophene rings is 1. The summed E-state index contributed by atoms with van der Waals surface area (Å²) in [4.78, 5) is 27.7. The van der Waals surface area contributed by atoms with Crippen LogP contribution < -0.4 is 5.32 Å². The Balaban J connectivity index is 1.62. The van der Waals surface area contributed by atoms with Crippen molar-refractivity contribution >= 4 is 39.1 Å². The van der Waals surface area contributed by atoms with Crippen LogP contribution in [0.3, 0.4) is 0 Å². The Labute approximate surface area is 160 Å². The second-order valence-electron chi connectivity index (χ2n) is 6.32. The Hall–Kier alpha value is -1.66. The largest absolute Gasteiger partial charge is 0.349 e. The minimum atomic E-state index is -0.150. The number of hydrogen-bond acceptors (Lipinski definition) is 3. The fourth-order valence-corrected chi connectivity index (χ4v) is 4.49. The Morgan fingerprint density at radius 2 is 2.08 bits per heavy atom. The molecule has 0 unspecified atom stereocenters. The van der Waals surface area contributed by atoms with E-state index in [0.29, 0.717) is 6.54 Å². The molecule has 2 heterocycles. The third-order valence-corrected chi connectivity index (χ3v) is 6.12. The van der Waals surface area contributed by atoms with Gasteiger partial charge < -0.3 is 10.2 Å². The van der Waals surface area contributed by atoms with Crippen LogP contribution >= 0.6 is 27.3 Å². The van der Waals surface area contributed by atoms with Crippen LogP contribution in [0.1, 0.15) is 41.0 Å². The number of halogens is 1. The van der Waals surface area contributed by atoms with Crippen molar-refractivity contribution in [2.45, 2.75) is 25.8 Å². The molecule has 2 aromatic rings. The summed E-state index contributed by atoms with van der Waals surface area (Å²) in [6.07, 6.45) is 1.68. The van der Waals surface area contributed by atoms with Gasteiger partial charge >= 0.3 is 0 Å². The molecule has 1 aromatic heterocycles. The number of nitrogens with zero attached hydrogens (tertiary/aromatic N) is 1. The molecule has 2 atom stereocenters. The van der Waals surface area contributed by atoms with E-state index in [1.165, 1.54) is 11.3 Å². The predicted molar refractivity (Wildman–Crippen MR) is 104 cm³/mol. The minimum Gasteiger partial charge on any atom is -0.349 e. The molecule has 1 aromatic carbocycles. The van der Waals surface area contributed by atoms with Crippen molar-refractivity contribution in [3.8, 4) is 0 Å². The highest BCUT2D eigenvalue weighted by molar-refractivity contribution is 9.10. The van der Waals surface area contributed by atoms with E-state index in [4.69, 9.17) is 0 Å². The van der Waals surface area contributed by atoms with Crippen LogP contribution in [0.25, 0.3) is 0 Å². The number of likely N-dealkylation sites (tertiary alicyclic amines) is 1. The third-order valence-electron chi connectivity index (χ3n) is 4.54. The lowest BCUT2D eigenvalue weighted by Crippen LogP contribution is -2.45. The van der Waals surface area contributed by atoms with Crippen LogP contribution in [-0.4, -0.2) is 29.8 Å². The Bertz CT molecular complexity index is 748. The molecule has 1 fully saturated rings. The average molecular weight is 421 g/mol. The molecule has 2 amide bonds. The number of amides is 2. The lowest BCUT2D eigenvalue weighted by Gasteiger charge is -2.32. The quantitative estimate of drug-likeness (QED) is 0.803. The molecular formula is C19H21BrN2O2S. The summed E-state index contributed by atoms with van der Waals surface area (Å²) in [5, 5.41) is 5.00. The van der Waals surface area contributed by atoms with Crippen LogP contribution in [0.5, 0.6) is 0 Å². The summed E-state index contributed by atoms with van der Waals surface area (Å²) in [7, 11) is 0. The normalized spacial score (nSPS) is 18.6. The molecule has 25 heavy (non-hydrogen) atoms. The highest BCUT2D eigenvalue weighted by Gasteiger charge is 2.30. The van der Waals surface area contributed by atoms with Gasteiger partial charge in [0.25, 0.3) is 5.91 Å². The van der Waals surface area contributed by atoms with Crippen LogP contribution in [0.2, 0.25) is 0 Å². The molecule has 0 radical (unpaired) electrons. The molecule has 1 aliphatic rings. The lowest BCUT2D eigenvalue weighted by molar-refractivity contribution is -0.127. The number of rotatable bonds is 4. The molecule has 1 aliphatic heterocycles. The molecule has 0 saturated carbocycles. The van der Waals surface area contributed by atoms with Gasteiger partial charge in [0.1, 0.15) is 0 Å². The van der Waals surface area contributed by atoms with E-state index in [0.717, 1.165) is 34.3 Å². The van der Waals surface area contributed by atoms with Crippen molar-refractivity contribution in [3.63, 3.8) is 0 Å². The first kappa shape index (κ1) is 18.1. The fraction of sp³-hybridized carbons (Fsp3) is 0.368. The van der Waals surface area contributed by atoms with E-state index in [-0.39, 0.29) is 23.8 Å². The first-order valence-electron chi connectivity index (χ1n) is 8.44. The topological polar surface area (TPSA) is 49.4 Å². The summed E-state index contributed by atoms with van der Waals surface area (Å²) < 4.78 is 0.987. The van der Waals surface area contributed by atoms with E-state index in [9.17, 15) is 9.59 Å². The van der Waals surface area contributed by atoms with Gasteiger partial charge in [-0.25, -0.2) is 0 Å². The number of nitrogens with one attached hydrogen (secondary N) is 1. The Morgan fingerprint density at radius 3 is 2.80 bits per heavy atom. The number of benzene rings is 1. The number of piperidine rings is 1. The first-order valence-corrected chi connectivity index (χ1v) is 10.1. The molecular weight excluding hydrogens is 400 g/mol. The predicted octanol–water partition coefficient (Wildman–Crippen LogP) is 4.24. The van der Waals surface area contributed by atoms with E-state index in [1.54, 1.807) is 0 Å². The maximum Gasteiger partial charge on any atom is 0.263 e. The van der Waals surface area contributed by atoms with Gasteiger partial charge in [0.05, 0.1) is 16.8 Å². The second-order valence-corrected chi connectivity index (χ2v) is 8.12. The lowest BCUT2D eigenvalue weighted by atomic mass is 9.96. The van der Waals surface area contributed by atoms with Crippen molar-refractivity contribution in [1.29, 1.82) is 0 Å². The summed E-state index contributed by atoms with van der Waals surface area (Å²) in [6.45, 7) is 3.20. The molecule has 132 valence electrons. The van der Waals surface area contributed by atoms with E-state index in [1.807, 2.05) is 53.6 Å². The van der Waals surface area contributed by atoms with Crippen molar-refractivity contribution in [1.82, 2.24) is 10.2 Å². The average Bonchev–Trinajstić information content (AvgIpc) is 3.16. The van der Waals surface area contributed by atoms with Crippen molar-refractivity contribution in [2.24, 2.45) is 5.92 Å². The fourth-order valence-electron chi connectivity index (χ4n) is 3.17. The summed E-state index contributed by atoms with van der Waals surface area (Å²) in [5.41, 5.74) is 1.05. The second kappa shape index (κ2) is 8.15. The van der Waals surface area contributed by atoms with E-state index < -0.39 is 0 Å². The summed E-state index contributed by atoms with van der Waals surface area (Å²) in [6, 6.07) is 11.5. The number of hydrogen-bond donors (Lipinski definition) is 1. The molecule has 1 saturated heterocycles. The highest BCUT2D eigenvalue weighted by Crippen LogP contribution is 2.25. The van der Waals surface area contributed by atoms with Crippen molar-refractivity contribution in [3.05, 3.63) is 56.7 Å². The van der Waals surface area contributed by atoms with Crippen LogP contribution in [0.15, 0.2) is 46.3 Å². The monoisotopic (exact) mass is 420 g/mol. The molecule has 1 N–H and O–H groups in total. The maximum absolute atomic E-state index is 12.7. The first-order chi connectivity index (χ1) is 12.1. The van der Waals surface area contributed by atoms with Gasteiger partial charge in [0.2, 0.25) is 5.91 Å². The Kier molecular flexibility index (Phi) is 5.91. The van der Waals surface area contributed by atoms with Gasteiger partial charge in [0.15, 0.2) is 0 Å². The standard InChI is InChI=1S/C19H21BrN2O2S/c1-13(15-7-2-3-8-16(15)20)21-18(23)14-6-4-10-22(12-14)19(24)17-9-5-11-25-17/h2-3,5,7-9,11,13-14H,4,6,10,12H2,1H3,(H,21,23)/t13-,14-/m1/s1. The third kappa shape index (κ3) is 4.30. The molecule has 6 heteroatoms. The molecule has 0 spiro atoms. The zero-order valence-electron chi connectivity index (χ0n) is 14.1. The van der Waals surface area contributed by atoms with Gasteiger partial charge in [-0.3, -0.25) is 9.59 Å². The van der Waals surface area contributed by atoms with Crippen LogP contribution in [0, 0.1) is 5.92 Å². The Morgan fingerprint density at radius 1 is 1.28 bits per heavy atom. The van der Waals surface area contributed by atoms with Crippen LogP contribution in [-0.2, 0) is 4.79 Å². The van der Waals surface area contributed by atoms with Gasteiger partial charge in [-0.05, 0) is 42.8 Å². The minimum absolute atomic E-state index is 0.0203. The van der Waals surface area contributed by atoms with E-state index >= 15 is 0 Å². The molecule has 0 aliphatic carbocycles. The van der Waals surface area contributed by atoms with Gasteiger partial charge in [-0.2, -0.15) is 0 Å². The summed E-state index contributed by atoms with van der Waals surface area (Å²) >= 11 is 4.98. The molecule has 3 rings (SSSR count). The molecule has 0 bridgehead atoms. The number of carbonyl (C=O) groups is 2. The summed E-state index contributed by atoms with van der Waals surface area (Å²) in [5.74, 6) is -0.0964. The van der Waals surface area contributed by atoms with Crippen LogP contribution in [0.4, 0.5) is 0 Å². The van der Waals surface area contributed by atoms with Gasteiger partial charge in [-0.15, -0.1) is 11.3 Å².